The number of anilines is 1. The Labute approximate surface area is 117 Å². The highest BCUT2D eigenvalue weighted by atomic mass is 32.2. The number of aromatic nitrogens is 2. The summed E-state index contributed by atoms with van der Waals surface area (Å²) in [5.74, 6) is 0.366. The summed E-state index contributed by atoms with van der Waals surface area (Å²) < 4.78 is 21.6. The van der Waals surface area contributed by atoms with Gasteiger partial charge >= 0.3 is 0 Å². The van der Waals surface area contributed by atoms with E-state index in [0.717, 1.165) is 11.3 Å². The van der Waals surface area contributed by atoms with E-state index in [9.17, 15) is 8.42 Å². The van der Waals surface area contributed by atoms with Crippen molar-refractivity contribution in [3.05, 3.63) is 16.8 Å². The van der Waals surface area contributed by atoms with E-state index < -0.39 is 10.0 Å². The molecule has 0 atom stereocenters. The predicted molar refractivity (Wildman–Crippen MR) is 78.5 cm³/mol. The van der Waals surface area contributed by atoms with E-state index in [1.54, 1.807) is 0 Å². The minimum Gasteiger partial charge on any atom is -0.389 e. The molecular formula is C10H17N5O2S2. The Kier molecular flexibility index (Phi) is 5.15. The van der Waals surface area contributed by atoms with Crippen molar-refractivity contribution in [2.24, 2.45) is 10.9 Å². The molecule has 0 aromatic carbocycles. The number of nitrogens with one attached hydrogen (secondary N) is 1. The van der Waals surface area contributed by atoms with Gasteiger partial charge in [0, 0.05) is 6.54 Å². The van der Waals surface area contributed by atoms with Crippen LogP contribution in [0.1, 0.15) is 23.2 Å². The number of hydrogen-bond donors (Lipinski definition) is 3. The van der Waals surface area contributed by atoms with E-state index in [-0.39, 0.29) is 10.7 Å². The third-order valence-electron chi connectivity index (χ3n) is 2.60. The minimum absolute atomic E-state index is 0.0966. The Balaban J connectivity index is 2.79. The van der Waals surface area contributed by atoms with Gasteiger partial charge < -0.3 is 11.1 Å². The van der Waals surface area contributed by atoms with Crippen LogP contribution in [0.2, 0.25) is 0 Å². The van der Waals surface area contributed by atoms with Crippen LogP contribution in [0, 0.1) is 13.8 Å². The van der Waals surface area contributed by atoms with E-state index >= 15 is 0 Å². The molecule has 5 N–H and O–H groups in total. The largest absolute Gasteiger partial charge is 0.389 e. The smallest absolute Gasteiger partial charge is 0.209 e. The number of sulfonamides is 1. The second kappa shape index (κ2) is 6.22. The lowest BCUT2D eigenvalue weighted by Crippen LogP contribution is -2.21. The molecule has 106 valence electrons. The van der Waals surface area contributed by atoms with Crippen LogP contribution in [-0.2, 0) is 10.0 Å². The summed E-state index contributed by atoms with van der Waals surface area (Å²) in [6.07, 6.45) is 0.365. The first-order chi connectivity index (χ1) is 8.72. The lowest BCUT2D eigenvalue weighted by Gasteiger charge is -2.12. The molecule has 1 rings (SSSR count). The van der Waals surface area contributed by atoms with E-state index in [1.165, 1.54) is 0 Å². The minimum atomic E-state index is -3.45. The van der Waals surface area contributed by atoms with Gasteiger partial charge in [-0.25, -0.2) is 13.6 Å². The van der Waals surface area contributed by atoms with Crippen LogP contribution in [-0.4, -0.2) is 35.9 Å². The standard InChI is InChI=1S/C10H17N5O2S2/c1-6-7(2)14-15-10(8(6)9(11)18)13-4-3-5-19(12,16)17/h3-5H2,1-2H3,(H2,11,18)(H,13,15)(H2,12,16,17). The Morgan fingerprint density at radius 3 is 2.53 bits per heavy atom. The van der Waals surface area contributed by atoms with Crippen LogP contribution in [0.5, 0.6) is 0 Å². The van der Waals surface area contributed by atoms with Crippen molar-refractivity contribution >= 4 is 33.0 Å². The van der Waals surface area contributed by atoms with Crippen molar-refractivity contribution < 1.29 is 8.42 Å². The monoisotopic (exact) mass is 303 g/mol. The summed E-state index contributed by atoms with van der Waals surface area (Å²) in [4.78, 5) is 0.226. The van der Waals surface area contributed by atoms with Crippen molar-refractivity contribution in [1.82, 2.24) is 10.2 Å². The Morgan fingerprint density at radius 2 is 2.00 bits per heavy atom. The van der Waals surface area contributed by atoms with Gasteiger partial charge in [-0.2, -0.15) is 5.10 Å². The molecule has 9 heteroatoms. The number of nitrogens with two attached hydrogens (primary N) is 2. The summed E-state index contributed by atoms with van der Waals surface area (Å²) >= 11 is 4.99. The molecule has 0 fully saturated rings. The summed E-state index contributed by atoms with van der Waals surface area (Å²) in [7, 11) is -3.45. The molecule has 0 bridgehead atoms. The topological polar surface area (TPSA) is 124 Å². The van der Waals surface area contributed by atoms with Gasteiger partial charge in [-0.1, -0.05) is 12.2 Å². The molecule has 0 aliphatic heterocycles. The Morgan fingerprint density at radius 1 is 1.37 bits per heavy atom. The Bertz CT molecular complexity index is 586. The highest BCUT2D eigenvalue weighted by Crippen LogP contribution is 2.18. The van der Waals surface area contributed by atoms with Gasteiger partial charge in [-0.3, -0.25) is 0 Å². The molecule has 0 saturated heterocycles. The van der Waals surface area contributed by atoms with E-state index in [0.29, 0.717) is 24.3 Å². The van der Waals surface area contributed by atoms with Crippen LogP contribution in [0.4, 0.5) is 5.82 Å². The van der Waals surface area contributed by atoms with Crippen LogP contribution in [0.15, 0.2) is 0 Å². The maximum atomic E-state index is 10.8. The van der Waals surface area contributed by atoms with Crippen LogP contribution in [0.3, 0.4) is 0 Å². The summed E-state index contributed by atoms with van der Waals surface area (Å²) in [5, 5.41) is 15.9. The third-order valence-corrected chi connectivity index (χ3v) is 3.66. The molecule has 0 radical (unpaired) electrons. The van der Waals surface area contributed by atoms with Gasteiger partial charge in [0.25, 0.3) is 0 Å². The predicted octanol–water partition coefficient (Wildman–Crippen LogP) is -0.182. The Hall–Kier alpha value is -1.32. The molecule has 0 spiro atoms. The van der Waals surface area contributed by atoms with Crippen LogP contribution in [0.25, 0.3) is 0 Å². The van der Waals surface area contributed by atoms with Crippen molar-refractivity contribution in [3.63, 3.8) is 0 Å². The number of rotatable bonds is 6. The second-order valence-electron chi connectivity index (χ2n) is 4.15. The lowest BCUT2D eigenvalue weighted by atomic mass is 10.1. The van der Waals surface area contributed by atoms with Crippen LogP contribution >= 0.6 is 12.2 Å². The maximum absolute atomic E-state index is 10.8. The quantitative estimate of drug-likeness (QED) is 0.492. The molecule has 0 saturated carbocycles. The number of nitrogens with zero attached hydrogens (tertiary/aromatic N) is 2. The van der Waals surface area contributed by atoms with Crippen molar-refractivity contribution in [3.8, 4) is 0 Å². The van der Waals surface area contributed by atoms with Gasteiger partial charge in [0.2, 0.25) is 10.0 Å². The molecule has 19 heavy (non-hydrogen) atoms. The number of hydrogen-bond acceptors (Lipinski definition) is 6. The van der Waals surface area contributed by atoms with Crippen molar-refractivity contribution in [1.29, 1.82) is 0 Å². The summed E-state index contributed by atoms with van der Waals surface area (Å²) in [6.45, 7) is 4.06. The zero-order valence-electron chi connectivity index (χ0n) is 10.8. The molecule has 0 unspecified atom stereocenters. The van der Waals surface area contributed by atoms with Crippen molar-refractivity contribution in [2.45, 2.75) is 20.3 Å². The summed E-state index contributed by atoms with van der Waals surface area (Å²) in [6, 6.07) is 0. The fourth-order valence-electron chi connectivity index (χ4n) is 1.51. The molecule has 0 aliphatic rings. The first kappa shape index (κ1) is 15.7. The van der Waals surface area contributed by atoms with Gasteiger partial charge in [-0.05, 0) is 25.8 Å². The van der Waals surface area contributed by atoms with E-state index in [2.05, 4.69) is 15.5 Å². The van der Waals surface area contributed by atoms with Crippen molar-refractivity contribution in [2.75, 3.05) is 17.6 Å². The first-order valence-corrected chi connectivity index (χ1v) is 7.72. The van der Waals surface area contributed by atoms with Gasteiger partial charge in [0.15, 0.2) is 5.82 Å². The summed E-state index contributed by atoms with van der Waals surface area (Å²) in [5.41, 5.74) is 7.91. The molecule has 1 aromatic heterocycles. The molecular weight excluding hydrogens is 286 g/mol. The van der Waals surface area contributed by atoms with E-state index in [4.69, 9.17) is 23.1 Å². The zero-order valence-corrected chi connectivity index (χ0v) is 12.4. The fraction of sp³-hybridized carbons (Fsp3) is 0.500. The second-order valence-corrected chi connectivity index (χ2v) is 6.32. The SMILES string of the molecule is Cc1nnc(NCCCS(N)(=O)=O)c(C(N)=S)c1C. The number of primary sulfonamides is 1. The maximum Gasteiger partial charge on any atom is 0.209 e. The fourth-order valence-corrected chi connectivity index (χ4v) is 2.31. The first-order valence-electron chi connectivity index (χ1n) is 5.60. The van der Waals surface area contributed by atoms with E-state index in [1.807, 2.05) is 13.8 Å². The molecule has 0 amide bonds. The molecule has 1 aromatic rings. The number of thiocarbonyl (C=S) groups is 1. The third kappa shape index (κ3) is 4.69. The van der Waals surface area contributed by atoms with Gasteiger partial charge in [-0.15, -0.1) is 5.10 Å². The molecule has 1 heterocycles. The average Bonchev–Trinajstić information content (AvgIpc) is 2.27. The average molecular weight is 303 g/mol. The molecule has 7 nitrogen and oxygen atoms in total. The normalized spacial score (nSPS) is 11.3. The van der Waals surface area contributed by atoms with Gasteiger partial charge in [0.1, 0.15) is 4.99 Å². The highest BCUT2D eigenvalue weighted by Gasteiger charge is 2.13. The van der Waals surface area contributed by atoms with Crippen LogP contribution < -0.4 is 16.2 Å². The zero-order chi connectivity index (χ0) is 14.6. The van der Waals surface area contributed by atoms with Gasteiger partial charge in [0.05, 0.1) is 17.0 Å². The highest BCUT2D eigenvalue weighted by molar-refractivity contribution is 7.89. The number of aryl methyl sites for hydroxylation is 1. The molecule has 0 aliphatic carbocycles. The lowest BCUT2D eigenvalue weighted by molar-refractivity contribution is 0.595.